The monoisotopic (exact) mass is 329 g/mol. The van der Waals surface area contributed by atoms with Crippen LogP contribution in [0.5, 0.6) is 0 Å². The van der Waals surface area contributed by atoms with Crippen molar-refractivity contribution in [2.45, 2.75) is 20.4 Å². The Labute approximate surface area is 145 Å². The average Bonchev–Trinajstić information content (AvgIpc) is 2.94. The first-order chi connectivity index (χ1) is 12.2. The standard InChI is InChI=1S/C21H19N3O/c1-3-24-14(2)17-18(15-10-6-4-7-11-15)22-21(25)23-19(17)20(24)16-12-8-5-9-13-16/h4-13H,3H2,1-2H3,(H,23,25). The van der Waals surface area contributed by atoms with Crippen LogP contribution in [0.3, 0.4) is 0 Å². The van der Waals surface area contributed by atoms with Gasteiger partial charge in [-0.25, -0.2) is 4.79 Å². The number of fused-ring (bicyclic) bond motifs is 1. The van der Waals surface area contributed by atoms with Crippen LogP contribution in [0, 0.1) is 6.92 Å². The molecule has 4 heteroatoms. The first kappa shape index (κ1) is 15.4. The van der Waals surface area contributed by atoms with E-state index in [-0.39, 0.29) is 5.69 Å². The van der Waals surface area contributed by atoms with Gasteiger partial charge in [-0.05, 0) is 13.8 Å². The van der Waals surface area contributed by atoms with Crippen LogP contribution in [-0.4, -0.2) is 14.5 Å². The van der Waals surface area contributed by atoms with E-state index in [9.17, 15) is 4.79 Å². The quantitative estimate of drug-likeness (QED) is 0.606. The Hall–Kier alpha value is -3.14. The molecule has 0 atom stereocenters. The molecule has 0 fully saturated rings. The molecule has 1 N–H and O–H groups in total. The van der Waals surface area contributed by atoms with E-state index in [1.807, 2.05) is 48.5 Å². The number of hydrogen-bond donors (Lipinski definition) is 1. The number of H-pyrrole nitrogens is 1. The molecule has 0 bridgehead atoms. The molecule has 4 nitrogen and oxygen atoms in total. The van der Waals surface area contributed by atoms with Crippen molar-refractivity contribution < 1.29 is 0 Å². The van der Waals surface area contributed by atoms with Crippen LogP contribution in [-0.2, 0) is 6.54 Å². The van der Waals surface area contributed by atoms with E-state index >= 15 is 0 Å². The van der Waals surface area contributed by atoms with Crippen LogP contribution in [0.25, 0.3) is 33.4 Å². The molecule has 0 amide bonds. The third-order valence-corrected chi connectivity index (χ3v) is 4.62. The van der Waals surface area contributed by atoms with E-state index in [2.05, 4.69) is 40.5 Å². The fourth-order valence-corrected chi connectivity index (χ4v) is 3.54. The maximum atomic E-state index is 12.3. The summed E-state index contributed by atoms with van der Waals surface area (Å²) < 4.78 is 2.24. The Morgan fingerprint density at radius 3 is 2.16 bits per heavy atom. The summed E-state index contributed by atoms with van der Waals surface area (Å²) in [7, 11) is 0. The van der Waals surface area contributed by atoms with Gasteiger partial charge in [-0.2, -0.15) is 4.98 Å². The van der Waals surface area contributed by atoms with Crippen molar-refractivity contribution in [2.24, 2.45) is 0 Å². The van der Waals surface area contributed by atoms with Gasteiger partial charge in [-0.1, -0.05) is 60.7 Å². The molecule has 25 heavy (non-hydrogen) atoms. The third kappa shape index (κ3) is 2.47. The molecule has 0 unspecified atom stereocenters. The molecule has 0 aliphatic carbocycles. The van der Waals surface area contributed by atoms with Gasteiger partial charge < -0.3 is 9.55 Å². The second-order valence-electron chi connectivity index (χ2n) is 6.05. The minimum Gasteiger partial charge on any atom is -0.343 e. The van der Waals surface area contributed by atoms with E-state index < -0.39 is 0 Å². The fraction of sp³-hybridized carbons (Fsp3) is 0.143. The smallest absolute Gasteiger partial charge is 0.343 e. The molecule has 2 aromatic carbocycles. The topological polar surface area (TPSA) is 50.7 Å². The summed E-state index contributed by atoms with van der Waals surface area (Å²) in [6.45, 7) is 5.03. The largest absolute Gasteiger partial charge is 0.346 e. The number of hydrogen-bond acceptors (Lipinski definition) is 2. The number of rotatable bonds is 3. The zero-order chi connectivity index (χ0) is 17.4. The van der Waals surface area contributed by atoms with Crippen molar-refractivity contribution in [3.63, 3.8) is 0 Å². The lowest BCUT2D eigenvalue weighted by Gasteiger charge is -2.08. The molecule has 124 valence electrons. The summed E-state index contributed by atoms with van der Waals surface area (Å²) in [6.07, 6.45) is 0. The van der Waals surface area contributed by atoms with E-state index in [0.717, 1.165) is 45.7 Å². The Bertz CT molecular complexity index is 1090. The summed E-state index contributed by atoms with van der Waals surface area (Å²) in [4.78, 5) is 19.6. The molecule has 0 saturated heterocycles. The van der Waals surface area contributed by atoms with Gasteiger partial charge in [0.1, 0.15) is 0 Å². The first-order valence-corrected chi connectivity index (χ1v) is 8.44. The molecular formula is C21H19N3O. The normalized spacial score (nSPS) is 11.1. The maximum Gasteiger partial charge on any atom is 0.346 e. The lowest BCUT2D eigenvalue weighted by atomic mass is 10.1. The van der Waals surface area contributed by atoms with Crippen molar-refractivity contribution in [2.75, 3.05) is 0 Å². The van der Waals surface area contributed by atoms with Crippen LogP contribution < -0.4 is 5.69 Å². The molecule has 2 heterocycles. The zero-order valence-electron chi connectivity index (χ0n) is 14.3. The third-order valence-electron chi connectivity index (χ3n) is 4.62. The van der Waals surface area contributed by atoms with Gasteiger partial charge >= 0.3 is 5.69 Å². The Morgan fingerprint density at radius 1 is 0.960 bits per heavy atom. The van der Waals surface area contributed by atoms with Gasteiger partial charge in [0.05, 0.1) is 16.9 Å². The summed E-state index contributed by atoms with van der Waals surface area (Å²) in [5.74, 6) is 0. The maximum absolute atomic E-state index is 12.3. The van der Waals surface area contributed by atoms with E-state index in [1.165, 1.54) is 0 Å². The Morgan fingerprint density at radius 2 is 1.56 bits per heavy atom. The van der Waals surface area contributed by atoms with Crippen LogP contribution in [0.2, 0.25) is 0 Å². The first-order valence-electron chi connectivity index (χ1n) is 8.44. The van der Waals surface area contributed by atoms with E-state index in [4.69, 9.17) is 0 Å². The molecule has 0 aliphatic rings. The number of benzene rings is 2. The minimum absolute atomic E-state index is 0.322. The van der Waals surface area contributed by atoms with Gasteiger partial charge in [0.2, 0.25) is 0 Å². The van der Waals surface area contributed by atoms with Crippen molar-refractivity contribution in [3.05, 3.63) is 76.8 Å². The number of aryl methyl sites for hydroxylation is 1. The van der Waals surface area contributed by atoms with Crippen LogP contribution in [0.15, 0.2) is 65.5 Å². The van der Waals surface area contributed by atoms with Gasteiger partial charge in [0, 0.05) is 28.8 Å². The molecule has 0 spiro atoms. The molecule has 0 aliphatic heterocycles. The minimum atomic E-state index is -0.322. The second-order valence-corrected chi connectivity index (χ2v) is 6.05. The molecule has 0 saturated carbocycles. The van der Waals surface area contributed by atoms with Crippen molar-refractivity contribution >= 4 is 10.9 Å². The summed E-state index contributed by atoms with van der Waals surface area (Å²) >= 11 is 0. The zero-order valence-corrected chi connectivity index (χ0v) is 14.3. The number of nitrogens with one attached hydrogen (secondary N) is 1. The summed E-state index contributed by atoms with van der Waals surface area (Å²) in [5, 5.41) is 1.01. The van der Waals surface area contributed by atoms with Crippen LogP contribution in [0.1, 0.15) is 12.6 Å². The van der Waals surface area contributed by atoms with Crippen molar-refractivity contribution in [1.29, 1.82) is 0 Å². The molecule has 4 aromatic rings. The summed E-state index contributed by atoms with van der Waals surface area (Å²) in [5.41, 5.74) is 5.45. The van der Waals surface area contributed by atoms with E-state index in [1.54, 1.807) is 0 Å². The second kappa shape index (κ2) is 6.06. The van der Waals surface area contributed by atoms with Gasteiger partial charge in [0.15, 0.2) is 0 Å². The fourth-order valence-electron chi connectivity index (χ4n) is 3.54. The summed E-state index contributed by atoms with van der Waals surface area (Å²) in [6, 6.07) is 20.1. The molecule has 2 aromatic heterocycles. The Balaban J connectivity index is 2.15. The van der Waals surface area contributed by atoms with Gasteiger partial charge in [0.25, 0.3) is 0 Å². The Kier molecular flexibility index (Phi) is 3.73. The lowest BCUT2D eigenvalue weighted by molar-refractivity contribution is 0.754. The van der Waals surface area contributed by atoms with Gasteiger partial charge in [-0.15, -0.1) is 0 Å². The van der Waals surface area contributed by atoms with Crippen LogP contribution in [0.4, 0.5) is 0 Å². The van der Waals surface area contributed by atoms with Gasteiger partial charge in [-0.3, -0.25) is 0 Å². The lowest BCUT2D eigenvalue weighted by Crippen LogP contribution is -2.11. The van der Waals surface area contributed by atoms with Crippen LogP contribution >= 0.6 is 0 Å². The predicted octanol–water partition coefficient (Wildman–Crippen LogP) is 4.39. The highest BCUT2D eigenvalue weighted by Crippen LogP contribution is 2.36. The van der Waals surface area contributed by atoms with Crippen molar-refractivity contribution in [1.82, 2.24) is 14.5 Å². The van der Waals surface area contributed by atoms with Crippen molar-refractivity contribution in [3.8, 4) is 22.5 Å². The number of aromatic amines is 1. The highest BCUT2D eigenvalue weighted by molar-refractivity contribution is 6.02. The number of nitrogens with zero attached hydrogens (tertiary/aromatic N) is 2. The number of aromatic nitrogens is 3. The SMILES string of the molecule is CCn1c(-c2ccccc2)c2[nH]c(=O)nc(-c3ccccc3)c2c1C. The highest BCUT2D eigenvalue weighted by Gasteiger charge is 2.20. The molecule has 4 rings (SSSR count). The molecule has 0 radical (unpaired) electrons. The molecular weight excluding hydrogens is 310 g/mol. The average molecular weight is 329 g/mol. The van der Waals surface area contributed by atoms with E-state index in [0.29, 0.717) is 0 Å². The highest BCUT2D eigenvalue weighted by atomic mass is 16.1. The predicted molar refractivity (Wildman–Crippen MR) is 102 cm³/mol.